The maximum Gasteiger partial charge on any atom is 0.243 e. The molecule has 7 heteroatoms. The van der Waals surface area contributed by atoms with Crippen LogP contribution in [-0.2, 0) is 9.53 Å². The molecule has 3 rings (SSSR count). The van der Waals surface area contributed by atoms with Gasteiger partial charge >= 0.3 is 0 Å². The highest BCUT2D eigenvalue weighted by molar-refractivity contribution is 5.94. The fourth-order valence-electron chi connectivity index (χ4n) is 2.88. The zero-order valence-corrected chi connectivity index (χ0v) is 13.7. The molecule has 1 aromatic carbocycles. The summed E-state index contributed by atoms with van der Waals surface area (Å²) in [6.07, 6.45) is 4.69. The highest BCUT2D eigenvalue weighted by Crippen LogP contribution is 2.33. The lowest BCUT2D eigenvalue weighted by Crippen LogP contribution is -2.39. The summed E-state index contributed by atoms with van der Waals surface area (Å²) in [6.45, 7) is 0.177. The van der Waals surface area contributed by atoms with Crippen LogP contribution in [0.5, 0.6) is 0 Å². The van der Waals surface area contributed by atoms with Gasteiger partial charge in [-0.1, -0.05) is 18.0 Å². The molecule has 1 unspecified atom stereocenters. The van der Waals surface area contributed by atoms with Gasteiger partial charge in [-0.05, 0) is 37.1 Å². The van der Waals surface area contributed by atoms with Gasteiger partial charge < -0.3 is 20.3 Å². The molecule has 2 aromatic rings. The molecule has 0 saturated heterocycles. The summed E-state index contributed by atoms with van der Waals surface area (Å²) < 4.78 is 10.3. The lowest BCUT2D eigenvalue weighted by molar-refractivity contribution is -0.118. The number of hydrogen-bond acceptors (Lipinski definition) is 6. The summed E-state index contributed by atoms with van der Waals surface area (Å²) in [5.41, 5.74) is 7.20. The maximum atomic E-state index is 11.9. The van der Waals surface area contributed by atoms with E-state index in [0.717, 1.165) is 24.3 Å². The van der Waals surface area contributed by atoms with Crippen molar-refractivity contribution in [2.24, 2.45) is 5.73 Å². The maximum absolute atomic E-state index is 11.9. The topological polar surface area (TPSA) is 103 Å². The molecule has 1 aromatic heterocycles. The van der Waals surface area contributed by atoms with Crippen LogP contribution in [0.1, 0.15) is 37.5 Å². The summed E-state index contributed by atoms with van der Waals surface area (Å²) in [7, 11) is 1.51. The Labute approximate surface area is 140 Å². The van der Waals surface area contributed by atoms with Crippen LogP contribution in [0.2, 0.25) is 0 Å². The lowest BCUT2D eigenvalue weighted by atomic mass is 10.1. The van der Waals surface area contributed by atoms with Crippen LogP contribution in [0.4, 0.5) is 5.69 Å². The Bertz CT molecular complexity index is 677. The van der Waals surface area contributed by atoms with E-state index in [1.54, 1.807) is 12.1 Å². The molecule has 128 valence electrons. The van der Waals surface area contributed by atoms with Crippen molar-refractivity contribution in [1.29, 1.82) is 0 Å². The van der Waals surface area contributed by atoms with E-state index in [9.17, 15) is 4.79 Å². The zero-order valence-electron chi connectivity index (χ0n) is 13.7. The molecular formula is C17H22N4O3. The average molecular weight is 330 g/mol. The van der Waals surface area contributed by atoms with Crippen molar-refractivity contribution in [2.75, 3.05) is 19.0 Å². The predicted octanol–water partition coefficient (Wildman–Crippen LogP) is 2.31. The Morgan fingerprint density at radius 3 is 2.75 bits per heavy atom. The standard InChI is InChI=1S/C17H22N4O3/c1-23-10-14(18)16(22)19-13-8-6-11(7-9-13)15-20-17(24-21-15)12-4-2-3-5-12/h6-9,12,14H,2-5,10,18H2,1H3,(H,19,22). The van der Waals surface area contributed by atoms with Gasteiger partial charge in [-0.15, -0.1) is 0 Å². The van der Waals surface area contributed by atoms with E-state index in [1.807, 2.05) is 12.1 Å². The minimum absolute atomic E-state index is 0.177. The first-order chi connectivity index (χ1) is 11.7. The predicted molar refractivity (Wildman–Crippen MR) is 89.4 cm³/mol. The number of methoxy groups -OCH3 is 1. The molecule has 1 saturated carbocycles. The molecule has 1 heterocycles. The monoisotopic (exact) mass is 330 g/mol. The van der Waals surface area contributed by atoms with Crippen LogP contribution in [0.15, 0.2) is 28.8 Å². The third-order valence-electron chi connectivity index (χ3n) is 4.24. The number of rotatable bonds is 6. The number of amides is 1. The van der Waals surface area contributed by atoms with Crippen LogP contribution in [0.25, 0.3) is 11.4 Å². The van der Waals surface area contributed by atoms with Gasteiger partial charge in [-0.2, -0.15) is 4.98 Å². The number of carbonyl (C=O) groups excluding carboxylic acids is 1. The van der Waals surface area contributed by atoms with E-state index in [1.165, 1.54) is 20.0 Å². The SMILES string of the molecule is COCC(N)C(=O)Nc1ccc(-c2noc(C3CCCC3)n2)cc1. The van der Waals surface area contributed by atoms with Gasteiger partial charge in [0.15, 0.2) is 0 Å². The van der Waals surface area contributed by atoms with Gasteiger partial charge in [0.2, 0.25) is 17.6 Å². The number of aromatic nitrogens is 2. The van der Waals surface area contributed by atoms with Gasteiger partial charge in [0, 0.05) is 24.3 Å². The molecule has 1 aliphatic carbocycles. The quantitative estimate of drug-likeness (QED) is 0.842. The molecule has 1 amide bonds. The number of ether oxygens (including phenoxy) is 1. The number of nitrogens with two attached hydrogens (primary N) is 1. The van der Waals surface area contributed by atoms with Gasteiger partial charge in [0.05, 0.1) is 6.61 Å². The second kappa shape index (κ2) is 7.55. The van der Waals surface area contributed by atoms with Gasteiger partial charge in [-0.25, -0.2) is 0 Å². The summed E-state index contributed by atoms with van der Waals surface area (Å²) in [4.78, 5) is 16.4. The highest BCUT2D eigenvalue weighted by atomic mass is 16.5. The molecule has 7 nitrogen and oxygen atoms in total. The van der Waals surface area contributed by atoms with Gasteiger partial charge in [-0.3, -0.25) is 4.79 Å². The molecule has 3 N–H and O–H groups in total. The fourth-order valence-corrected chi connectivity index (χ4v) is 2.88. The smallest absolute Gasteiger partial charge is 0.243 e. The lowest BCUT2D eigenvalue weighted by Gasteiger charge is -2.11. The van der Waals surface area contributed by atoms with E-state index in [4.69, 9.17) is 15.0 Å². The summed E-state index contributed by atoms with van der Waals surface area (Å²) in [5, 5.41) is 6.81. The van der Waals surface area contributed by atoms with Crippen molar-refractivity contribution in [3.8, 4) is 11.4 Å². The average Bonchev–Trinajstić information content (AvgIpc) is 3.27. The highest BCUT2D eigenvalue weighted by Gasteiger charge is 2.23. The first kappa shape index (κ1) is 16.6. The van der Waals surface area contributed by atoms with Gasteiger partial charge in [0.1, 0.15) is 6.04 Å². The van der Waals surface area contributed by atoms with Crippen LogP contribution in [0, 0.1) is 0 Å². The minimum atomic E-state index is -0.694. The molecule has 1 aliphatic rings. The second-order valence-corrected chi connectivity index (χ2v) is 6.07. The fraction of sp³-hybridized carbons (Fsp3) is 0.471. The van der Waals surface area contributed by atoms with Crippen molar-refractivity contribution in [3.63, 3.8) is 0 Å². The van der Waals surface area contributed by atoms with Crippen molar-refractivity contribution < 1.29 is 14.1 Å². The number of nitrogens with one attached hydrogen (secondary N) is 1. The summed E-state index contributed by atoms with van der Waals surface area (Å²) in [5.74, 6) is 1.41. The van der Waals surface area contributed by atoms with Crippen LogP contribution in [0.3, 0.4) is 0 Å². The summed E-state index contributed by atoms with van der Waals surface area (Å²) in [6, 6.07) is 6.58. The number of anilines is 1. The van der Waals surface area contributed by atoms with E-state index in [2.05, 4.69) is 15.5 Å². The Kier molecular flexibility index (Phi) is 5.22. The molecular weight excluding hydrogens is 308 g/mol. The first-order valence-corrected chi connectivity index (χ1v) is 8.17. The number of benzene rings is 1. The van der Waals surface area contributed by atoms with E-state index in [-0.39, 0.29) is 12.5 Å². The molecule has 0 aliphatic heterocycles. The third kappa shape index (κ3) is 3.80. The first-order valence-electron chi connectivity index (χ1n) is 8.17. The molecule has 1 atom stereocenters. The Balaban J connectivity index is 1.65. The molecule has 24 heavy (non-hydrogen) atoms. The molecule has 0 bridgehead atoms. The van der Waals surface area contributed by atoms with Crippen molar-refractivity contribution in [3.05, 3.63) is 30.2 Å². The van der Waals surface area contributed by atoms with Crippen LogP contribution in [-0.4, -0.2) is 35.8 Å². The van der Waals surface area contributed by atoms with Gasteiger partial charge in [0.25, 0.3) is 0 Å². The van der Waals surface area contributed by atoms with E-state index >= 15 is 0 Å². The van der Waals surface area contributed by atoms with Crippen molar-refractivity contribution in [1.82, 2.24) is 10.1 Å². The van der Waals surface area contributed by atoms with E-state index in [0.29, 0.717) is 17.4 Å². The molecule has 0 spiro atoms. The van der Waals surface area contributed by atoms with Crippen LogP contribution >= 0.6 is 0 Å². The van der Waals surface area contributed by atoms with Crippen molar-refractivity contribution in [2.45, 2.75) is 37.6 Å². The Morgan fingerprint density at radius 1 is 1.38 bits per heavy atom. The van der Waals surface area contributed by atoms with E-state index < -0.39 is 6.04 Å². The number of carbonyl (C=O) groups is 1. The summed E-state index contributed by atoms with van der Waals surface area (Å²) >= 11 is 0. The van der Waals surface area contributed by atoms with Crippen LogP contribution < -0.4 is 11.1 Å². The normalized spacial score (nSPS) is 16.2. The third-order valence-corrected chi connectivity index (χ3v) is 4.24. The van der Waals surface area contributed by atoms with Crippen molar-refractivity contribution >= 4 is 11.6 Å². The minimum Gasteiger partial charge on any atom is -0.383 e. The molecule has 1 fully saturated rings. The largest absolute Gasteiger partial charge is 0.383 e. The second-order valence-electron chi connectivity index (χ2n) is 6.07. The number of hydrogen-bond donors (Lipinski definition) is 2. The zero-order chi connectivity index (χ0) is 16.9. The Morgan fingerprint density at radius 2 is 2.08 bits per heavy atom. The molecule has 0 radical (unpaired) electrons. The Hall–Kier alpha value is -2.25. The number of nitrogens with zero attached hydrogens (tertiary/aromatic N) is 2.